The Hall–Kier alpha value is -3.25. The monoisotopic (exact) mass is 403 g/mol. The number of aromatic nitrogens is 2. The average Bonchev–Trinajstić information content (AvgIpc) is 3.44. The molecule has 0 saturated heterocycles. The molecule has 0 aliphatic rings. The van der Waals surface area contributed by atoms with E-state index in [4.69, 9.17) is 0 Å². The molecule has 0 aliphatic carbocycles. The number of nitrogens with one attached hydrogen (secondary N) is 2. The largest absolute Gasteiger partial charge is 0.345 e. The Morgan fingerprint density at radius 2 is 1.86 bits per heavy atom. The van der Waals surface area contributed by atoms with E-state index in [2.05, 4.69) is 15.3 Å². The molecule has 29 heavy (non-hydrogen) atoms. The third kappa shape index (κ3) is 4.60. The van der Waals surface area contributed by atoms with Gasteiger partial charge >= 0.3 is 0 Å². The second-order valence-corrected chi connectivity index (χ2v) is 7.79. The van der Waals surface area contributed by atoms with Crippen LogP contribution in [0.4, 0.5) is 0 Å². The van der Waals surface area contributed by atoms with Crippen molar-refractivity contribution in [2.75, 3.05) is 0 Å². The van der Waals surface area contributed by atoms with E-state index in [1.54, 1.807) is 6.33 Å². The first-order valence-corrected chi connectivity index (χ1v) is 10.4. The van der Waals surface area contributed by atoms with Crippen LogP contribution >= 0.6 is 11.3 Å². The lowest BCUT2D eigenvalue weighted by Gasteiger charge is -2.20. The summed E-state index contributed by atoms with van der Waals surface area (Å²) in [6, 6.07) is 19.3. The van der Waals surface area contributed by atoms with Gasteiger partial charge in [0, 0.05) is 12.8 Å². The number of thiophene rings is 1. The topological polar surface area (TPSA) is 74.8 Å². The van der Waals surface area contributed by atoms with E-state index >= 15 is 0 Å². The van der Waals surface area contributed by atoms with Gasteiger partial charge in [-0.05, 0) is 41.1 Å². The van der Waals surface area contributed by atoms with Crippen molar-refractivity contribution in [3.8, 4) is 0 Å². The Kier molecular flexibility index (Phi) is 5.81. The fraction of sp³-hybridized carbons (Fsp3) is 0.174. The molecule has 2 aromatic carbocycles. The summed E-state index contributed by atoms with van der Waals surface area (Å²) in [4.78, 5) is 32.9. The highest BCUT2D eigenvalue weighted by Gasteiger charge is 2.18. The summed E-state index contributed by atoms with van der Waals surface area (Å²) < 4.78 is 0. The van der Waals surface area contributed by atoms with Gasteiger partial charge in [0.15, 0.2) is 5.78 Å². The lowest BCUT2D eigenvalue weighted by Crippen LogP contribution is -2.29. The van der Waals surface area contributed by atoms with Gasteiger partial charge in [-0.25, -0.2) is 4.98 Å². The van der Waals surface area contributed by atoms with Crippen molar-refractivity contribution < 1.29 is 9.59 Å². The molecule has 146 valence electrons. The molecule has 5 nitrogen and oxygen atoms in total. The predicted octanol–water partition coefficient (Wildman–Crippen LogP) is 4.88. The van der Waals surface area contributed by atoms with E-state index in [0.29, 0.717) is 19.3 Å². The number of hydrogen-bond donors (Lipinski definition) is 2. The van der Waals surface area contributed by atoms with Crippen LogP contribution in [0.15, 0.2) is 72.4 Å². The van der Waals surface area contributed by atoms with Crippen LogP contribution in [0.25, 0.3) is 11.0 Å². The highest BCUT2D eigenvalue weighted by molar-refractivity contribution is 7.12. The maximum atomic E-state index is 12.6. The van der Waals surface area contributed by atoms with E-state index in [1.807, 2.05) is 66.0 Å². The number of hydrogen-bond acceptors (Lipinski definition) is 4. The Labute approximate surface area is 172 Å². The molecule has 0 bridgehead atoms. The minimum Gasteiger partial charge on any atom is -0.345 e. The molecule has 6 heteroatoms. The molecule has 2 N–H and O–H groups in total. The molecule has 0 radical (unpaired) electrons. The van der Waals surface area contributed by atoms with Gasteiger partial charge in [-0.2, -0.15) is 0 Å². The number of rotatable bonds is 8. The first-order valence-electron chi connectivity index (χ1n) is 9.55. The maximum Gasteiger partial charge on any atom is 0.220 e. The number of nitrogens with zero attached hydrogens (tertiary/aromatic N) is 1. The van der Waals surface area contributed by atoms with Crippen molar-refractivity contribution in [1.82, 2.24) is 15.3 Å². The number of imidazole rings is 1. The van der Waals surface area contributed by atoms with Crippen LogP contribution in [0.1, 0.15) is 46.1 Å². The molecule has 0 aliphatic heterocycles. The van der Waals surface area contributed by atoms with Crippen molar-refractivity contribution in [2.24, 2.45) is 0 Å². The summed E-state index contributed by atoms with van der Waals surface area (Å²) >= 11 is 1.44. The molecule has 4 rings (SSSR count). The first kappa shape index (κ1) is 19.1. The summed E-state index contributed by atoms with van der Waals surface area (Å²) in [6.07, 6.45) is 2.88. The zero-order valence-electron chi connectivity index (χ0n) is 15.8. The summed E-state index contributed by atoms with van der Waals surface area (Å²) in [5.74, 6) is 0.0275. The minimum absolute atomic E-state index is 0.0671. The van der Waals surface area contributed by atoms with Gasteiger partial charge in [0.25, 0.3) is 0 Å². The third-order valence-corrected chi connectivity index (χ3v) is 5.73. The highest BCUT2D eigenvalue weighted by Crippen LogP contribution is 2.25. The van der Waals surface area contributed by atoms with Gasteiger partial charge in [-0.1, -0.05) is 42.5 Å². The second kappa shape index (κ2) is 8.84. The van der Waals surface area contributed by atoms with Crippen LogP contribution in [-0.2, 0) is 4.79 Å². The van der Waals surface area contributed by atoms with Crippen molar-refractivity contribution in [3.63, 3.8) is 0 Å². The van der Waals surface area contributed by atoms with E-state index in [0.717, 1.165) is 27.0 Å². The molecule has 0 fully saturated rings. The van der Waals surface area contributed by atoms with E-state index in [9.17, 15) is 9.59 Å². The zero-order chi connectivity index (χ0) is 20.1. The predicted molar refractivity (Wildman–Crippen MR) is 115 cm³/mol. The van der Waals surface area contributed by atoms with Crippen LogP contribution in [0.2, 0.25) is 0 Å². The van der Waals surface area contributed by atoms with E-state index in [-0.39, 0.29) is 17.7 Å². The van der Waals surface area contributed by atoms with Crippen LogP contribution < -0.4 is 5.32 Å². The Morgan fingerprint density at radius 3 is 2.66 bits per heavy atom. The van der Waals surface area contributed by atoms with Crippen molar-refractivity contribution in [1.29, 1.82) is 0 Å². The molecule has 4 aromatic rings. The Balaban J connectivity index is 1.45. The number of fused-ring (bicyclic) bond motifs is 1. The molecule has 0 spiro atoms. The molecule has 1 atom stereocenters. The summed E-state index contributed by atoms with van der Waals surface area (Å²) in [5, 5.41) is 5.02. The summed E-state index contributed by atoms with van der Waals surface area (Å²) in [6.45, 7) is 0. The van der Waals surface area contributed by atoms with Crippen molar-refractivity contribution >= 4 is 34.1 Å². The average molecular weight is 404 g/mol. The first-order chi connectivity index (χ1) is 14.2. The summed E-state index contributed by atoms with van der Waals surface area (Å²) in [5.41, 5.74) is 3.81. The van der Waals surface area contributed by atoms with Gasteiger partial charge in [0.05, 0.1) is 28.3 Å². The Morgan fingerprint density at radius 1 is 1.00 bits per heavy atom. The molecule has 1 amide bonds. The van der Waals surface area contributed by atoms with Gasteiger partial charge in [-0.15, -0.1) is 11.3 Å². The van der Waals surface area contributed by atoms with E-state index in [1.165, 1.54) is 11.3 Å². The van der Waals surface area contributed by atoms with Crippen molar-refractivity contribution in [2.45, 2.75) is 25.3 Å². The summed E-state index contributed by atoms with van der Waals surface area (Å²) in [7, 11) is 0. The SMILES string of the molecule is O=C(CCCC(=O)c1cccs1)NC(c1ccccc1)c1ccc2nc[nH]c2c1. The maximum absolute atomic E-state index is 12.6. The highest BCUT2D eigenvalue weighted by atomic mass is 32.1. The van der Waals surface area contributed by atoms with Crippen molar-refractivity contribution in [3.05, 3.63) is 88.4 Å². The number of ketones is 1. The van der Waals surface area contributed by atoms with Crippen LogP contribution in [0.3, 0.4) is 0 Å². The number of benzene rings is 2. The molecule has 2 aromatic heterocycles. The van der Waals surface area contributed by atoms with Gasteiger partial charge in [-0.3, -0.25) is 9.59 Å². The van der Waals surface area contributed by atoms with Gasteiger partial charge in [0.2, 0.25) is 5.91 Å². The number of H-pyrrole nitrogens is 1. The molecular weight excluding hydrogens is 382 g/mol. The molecule has 2 heterocycles. The van der Waals surface area contributed by atoms with Crippen LogP contribution in [0, 0.1) is 0 Å². The molecular formula is C23H21N3O2S. The lowest BCUT2D eigenvalue weighted by molar-refractivity contribution is -0.121. The number of amides is 1. The van der Waals surface area contributed by atoms with Crippen LogP contribution in [-0.4, -0.2) is 21.7 Å². The second-order valence-electron chi connectivity index (χ2n) is 6.84. The number of carbonyl (C=O) groups excluding carboxylic acids is 2. The standard InChI is InChI=1S/C23H21N3O2S/c27-20(21-9-5-13-29-21)8-4-10-22(28)26-23(16-6-2-1-3-7-16)17-11-12-18-19(14-17)25-15-24-18/h1-3,5-7,9,11-15,23H,4,8,10H2,(H,24,25)(H,26,28). The van der Waals surface area contributed by atoms with Gasteiger partial charge < -0.3 is 10.3 Å². The fourth-order valence-corrected chi connectivity index (χ4v) is 4.03. The molecule has 1 unspecified atom stereocenters. The van der Waals surface area contributed by atoms with Crippen LogP contribution in [0.5, 0.6) is 0 Å². The number of carbonyl (C=O) groups is 2. The number of Topliss-reactive ketones (excluding diaryl/α,β-unsaturated/α-hetero) is 1. The van der Waals surface area contributed by atoms with E-state index < -0.39 is 0 Å². The fourth-order valence-electron chi connectivity index (χ4n) is 3.34. The lowest BCUT2D eigenvalue weighted by atomic mass is 9.98. The smallest absolute Gasteiger partial charge is 0.220 e. The normalized spacial score (nSPS) is 12.0. The zero-order valence-corrected chi connectivity index (χ0v) is 16.6. The number of aromatic amines is 1. The third-order valence-electron chi connectivity index (χ3n) is 4.82. The quantitative estimate of drug-likeness (QED) is 0.412. The van der Waals surface area contributed by atoms with Gasteiger partial charge in [0.1, 0.15) is 0 Å². The Bertz CT molecular complexity index is 1100. The molecule has 0 saturated carbocycles. The minimum atomic E-state index is -0.260.